The van der Waals surface area contributed by atoms with Gasteiger partial charge in [-0.25, -0.2) is 0 Å². The van der Waals surface area contributed by atoms with Crippen LogP contribution < -0.4 is 0 Å². The smallest absolute Gasteiger partial charge is 0.417 e. The molecule has 0 aliphatic carbocycles. The van der Waals surface area contributed by atoms with Gasteiger partial charge in [0.15, 0.2) is 0 Å². The Balaban J connectivity index is 2.15. The summed E-state index contributed by atoms with van der Waals surface area (Å²) in [5, 5.41) is 11.6. The molecule has 2 aromatic rings. The number of nitrogens with zero attached hydrogens (tertiary/aromatic N) is 1. The lowest BCUT2D eigenvalue weighted by Gasteiger charge is -2.37. The molecule has 1 aromatic heterocycles. The molecule has 3 rings (SSSR count). The van der Waals surface area contributed by atoms with Crippen molar-refractivity contribution >= 4 is 17.3 Å². The van der Waals surface area contributed by atoms with Crippen molar-refractivity contribution in [3.8, 4) is 11.1 Å². The molecule has 0 spiro atoms. The molecule has 3 nitrogen and oxygen atoms in total. The van der Waals surface area contributed by atoms with Crippen LogP contribution in [0.15, 0.2) is 35.7 Å². The lowest BCUT2D eigenvalue weighted by Crippen LogP contribution is -2.45. The van der Waals surface area contributed by atoms with Gasteiger partial charge in [-0.15, -0.1) is 11.3 Å². The Morgan fingerprint density at radius 3 is 2.40 bits per heavy atom. The van der Waals surface area contributed by atoms with E-state index in [1.807, 2.05) is 11.9 Å². The van der Waals surface area contributed by atoms with E-state index < -0.39 is 23.1 Å². The summed E-state index contributed by atoms with van der Waals surface area (Å²) in [6.45, 7) is 1.20. The highest BCUT2D eigenvalue weighted by molar-refractivity contribution is 7.10. The zero-order chi connectivity index (χ0) is 18.2. The summed E-state index contributed by atoms with van der Waals surface area (Å²) in [4.78, 5) is 14.7. The number of hydrogen-bond donors (Lipinski definition) is 1. The highest BCUT2D eigenvalue weighted by Gasteiger charge is 2.45. The van der Waals surface area contributed by atoms with Gasteiger partial charge in [-0.2, -0.15) is 13.2 Å². The van der Waals surface area contributed by atoms with Crippen LogP contribution in [0.25, 0.3) is 11.1 Å². The van der Waals surface area contributed by atoms with Crippen LogP contribution in [0.1, 0.15) is 23.3 Å². The van der Waals surface area contributed by atoms with E-state index in [9.17, 15) is 23.1 Å². The fourth-order valence-corrected chi connectivity index (χ4v) is 4.56. The Morgan fingerprint density at radius 2 is 1.80 bits per heavy atom. The molecule has 1 aliphatic rings. The van der Waals surface area contributed by atoms with Crippen LogP contribution in [0.3, 0.4) is 0 Å². The maximum absolute atomic E-state index is 13.4. The van der Waals surface area contributed by atoms with Crippen molar-refractivity contribution in [3.63, 3.8) is 0 Å². The Labute approximate surface area is 147 Å². The van der Waals surface area contributed by atoms with E-state index >= 15 is 0 Å². The molecule has 134 valence electrons. The highest BCUT2D eigenvalue weighted by Crippen LogP contribution is 2.46. The maximum atomic E-state index is 13.4. The number of benzene rings is 1. The standard InChI is InChI=1S/C18H18F3NO2S/c1-22-9-7-17(8-10-22,16(23)24)15-13(6-11-25-15)12-4-2-3-5-14(12)18(19,20)21/h2-6,11H,7-10H2,1H3,(H,23,24). The molecular formula is C18H18F3NO2S. The van der Waals surface area contributed by atoms with Crippen LogP contribution in [0.2, 0.25) is 0 Å². The molecule has 0 radical (unpaired) electrons. The first-order valence-corrected chi connectivity index (χ1v) is 8.80. The largest absolute Gasteiger partial charge is 0.481 e. The predicted molar refractivity (Wildman–Crippen MR) is 90.8 cm³/mol. The zero-order valence-electron chi connectivity index (χ0n) is 13.6. The van der Waals surface area contributed by atoms with Crippen LogP contribution in [0.4, 0.5) is 13.2 Å². The third kappa shape index (κ3) is 3.18. The first-order valence-electron chi connectivity index (χ1n) is 7.92. The number of carboxylic acid groups (broad SMARTS) is 1. The van der Waals surface area contributed by atoms with Gasteiger partial charge in [-0.1, -0.05) is 18.2 Å². The van der Waals surface area contributed by atoms with Gasteiger partial charge in [0, 0.05) is 4.88 Å². The van der Waals surface area contributed by atoms with Gasteiger partial charge in [-0.3, -0.25) is 4.79 Å². The number of piperidine rings is 1. The van der Waals surface area contributed by atoms with Crippen LogP contribution in [-0.4, -0.2) is 36.1 Å². The van der Waals surface area contributed by atoms with E-state index in [0.29, 0.717) is 36.4 Å². The topological polar surface area (TPSA) is 40.5 Å². The molecule has 0 saturated carbocycles. The summed E-state index contributed by atoms with van der Waals surface area (Å²) in [5.41, 5.74) is -1.44. The van der Waals surface area contributed by atoms with Crippen LogP contribution >= 0.6 is 11.3 Å². The second kappa shape index (κ2) is 6.46. The van der Waals surface area contributed by atoms with Crippen LogP contribution in [-0.2, 0) is 16.4 Å². The van der Waals surface area contributed by atoms with Gasteiger partial charge < -0.3 is 10.0 Å². The fourth-order valence-electron chi connectivity index (χ4n) is 3.40. The predicted octanol–water partition coefficient (Wildman–Crippen LogP) is 4.48. The molecule has 0 amide bonds. The normalized spacial score (nSPS) is 18.2. The number of likely N-dealkylation sites (tertiary alicyclic amines) is 1. The average Bonchev–Trinajstić information content (AvgIpc) is 3.05. The van der Waals surface area contributed by atoms with Crippen LogP contribution in [0.5, 0.6) is 0 Å². The van der Waals surface area contributed by atoms with Gasteiger partial charge >= 0.3 is 12.1 Å². The van der Waals surface area contributed by atoms with E-state index in [4.69, 9.17) is 0 Å². The highest BCUT2D eigenvalue weighted by atomic mass is 32.1. The fraction of sp³-hybridized carbons (Fsp3) is 0.389. The molecule has 25 heavy (non-hydrogen) atoms. The number of rotatable bonds is 3. The Bertz CT molecular complexity index is 777. The average molecular weight is 369 g/mol. The third-order valence-corrected chi connectivity index (χ3v) is 5.99. The summed E-state index contributed by atoms with van der Waals surface area (Å²) in [7, 11) is 1.92. The number of alkyl halides is 3. The minimum absolute atomic E-state index is 0.0470. The summed E-state index contributed by atoms with van der Waals surface area (Å²) in [6.07, 6.45) is -3.71. The molecule has 1 saturated heterocycles. The molecule has 1 N–H and O–H groups in total. The number of aliphatic carboxylic acids is 1. The molecule has 1 fully saturated rings. The lowest BCUT2D eigenvalue weighted by molar-refractivity contribution is -0.145. The number of thiophene rings is 1. The van der Waals surface area contributed by atoms with Gasteiger partial charge in [0.2, 0.25) is 0 Å². The molecule has 0 unspecified atom stereocenters. The number of carboxylic acids is 1. The molecule has 1 aliphatic heterocycles. The summed E-state index contributed by atoms with van der Waals surface area (Å²) >= 11 is 1.23. The molecule has 7 heteroatoms. The first kappa shape index (κ1) is 17.9. The molecule has 2 heterocycles. The van der Waals surface area contributed by atoms with E-state index in [1.165, 1.54) is 23.5 Å². The second-order valence-electron chi connectivity index (χ2n) is 6.40. The SMILES string of the molecule is CN1CCC(C(=O)O)(c2sccc2-c2ccccc2C(F)(F)F)CC1. The lowest BCUT2D eigenvalue weighted by atomic mass is 9.75. The monoisotopic (exact) mass is 369 g/mol. The molecule has 1 aromatic carbocycles. The van der Waals surface area contributed by atoms with Gasteiger partial charge in [0.05, 0.1) is 5.56 Å². The molecular weight excluding hydrogens is 351 g/mol. The van der Waals surface area contributed by atoms with E-state index in [1.54, 1.807) is 17.5 Å². The number of hydrogen-bond acceptors (Lipinski definition) is 3. The van der Waals surface area contributed by atoms with Crippen molar-refractivity contribution in [2.45, 2.75) is 24.4 Å². The second-order valence-corrected chi connectivity index (χ2v) is 7.31. The minimum atomic E-state index is -4.49. The molecule has 0 atom stereocenters. The van der Waals surface area contributed by atoms with Gasteiger partial charge in [0.25, 0.3) is 0 Å². The first-order chi connectivity index (χ1) is 11.8. The Hall–Kier alpha value is -1.86. The number of carbonyl (C=O) groups is 1. The van der Waals surface area contributed by atoms with Crippen LogP contribution in [0, 0.1) is 0 Å². The van der Waals surface area contributed by atoms with Crippen molar-refractivity contribution in [2.75, 3.05) is 20.1 Å². The van der Waals surface area contributed by atoms with Gasteiger partial charge in [-0.05, 0) is 61.6 Å². The zero-order valence-corrected chi connectivity index (χ0v) is 14.5. The molecule has 0 bridgehead atoms. The van der Waals surface area contributed by atoms with Gasteiger partial charge in [0.1, 0.15) is 5.41 Å². The quantitative estimate of drug-likeness (QED) is 0.867. The maximum Gasteiger partial charge on any atom is 0.417 e. The third-order valence-electron chi connectivity index (χ3n) is 4.87. The van der Waals surface area contributed by atoms with E-state index in [-0.39, 0.29) is 5.56 Å². The van der Waals surface area contributed by atoms with Crippen molar-refractivity contribution in [2.24, 2.45) is 0 Å². The Morgan fingerprint density at radius 1 is 1.16 bits per heavy atom. The van der Waals surface area contributed by atoms with Crippen molar-refractivity contribution in [1.82, 2.24) is 4.90 Å². The summed E-state index contributed by atoms with van der Waals surface area (Å²) < 4.78 is 40.2. The Kier molecular flexibility index (Phi) is 4.64. The van der Waals surface area contributed by atoms with Crippen molar-refractivity contribution in [3.05, 3.63) is 46.2 Å². The van der Waals surface area contributed by atoms with Crippen molar-refractivity contribution < 1.29 is 23.1 Å². The minimum Gasteiger partial charge on any atom is -0.481 e. The number of halogens is 3. The van der Waals surface area contributed by atoms with E-state index in [2.05, 4.69) is 0 Å². The van der Waals surface area contributed by atoms with Crippen molar-refractivity contribution in [1.29, 1.82) is 0 Å². The van der Waals surface area contributed by atoms with E-state index in [0.717, 1.165) is 6.07 Å². The summed E-state index contributed by atoms with van der Waals surface area (Å²) in [5.74, 6) is -0.964. The summed E-state index contributed by atoms with van der Waals surface area (Å²) in [6, 6.07) is 6.96.